The lowest BCUT2D eigenvalue weighted by Crippen LogP contribution is -2.53. The minimum Gasteiger partial charge on any atom is -0.360 e. The molecule has 1 aromatic rings. The number of alkyl halides is 2. The van der Waals surface area contributed by atoms with Crippen LogP contribution in [-0.4, -0.2) is 68.4 Å². The molecule has 1 heterocycles. The number of nitrogens with zero attached hydrogens (tertiary/aromatic N) is 2. The number of halogens is 2. The van der Waals surface area contributed by atoms with E-state index in [2.05, 4.69) is 0 Å². The van der Waals surface area contributed by atoms with E-state index in [1.807, 2.05) is 11.8 Å². The van der Waals surface area contributed by atoms with Gasteiger partial charge in [0.25, 0.3) is 0 Å². The summed E-state index contributed by atoms with van der Waals surface area (Å²) in [6, 6.07) is 6.89. The fraction of sp³-hybridized carbons (Fsp3) is 0.600. The van der Waals surface area contributed by atoms with Crippen LogP contribution in [0.3, 0.4) is 0 Å². The van der Waals surface area contributed by atoms with Crippen LogP contribution in [0.2, 0.25) is 0 Å². The van der Waals surface area contributed by atoms with Gasteiger partial charge in [-0.2, -0.15) is 4.31 Å². The van der Waals surface area contributed by atoms with Gasteiger partial charge in [0.15, 0.2) is 0 Å². The summed E-state index contributed by atoms with van der Waals surface area (Å²) in [7, 11) is -3.51. The largest absolute Gasteiger partial charge is 0.360 e. The predicted octanol–water partition coefficient (Wildman–Crippen LogP) is 2.12. The van der Waals surface area contributed by atoms with E-state index in [4.69, 9.17) is 27.9 Å². The molecular formula is C15H22Cl2N2O3S. The summed E-state index contributed by atoms with van der Waals surface area (Å²) in [6.45, 7) is 4.13. The third-order valence-corrected chi connectivity index (χ3v) is 6.04. The van der Waals surface area contributed by atoms with E-state index in [9.17, 15) is 8.42 Å². The fourth-order valence-corrected chi connectivity index (χ4v) is 4.38. The highest BCUT2D eigenvalue weighted by Gasteiger charge is 2.33. The van der Waals surface area contributed by atoms with Crippen LogP contribution in [0.25, 0.3) is 0 Å². The summed E-state index contributed by atoms with van der Waals surface area (Å²) in [5.74, 6) is 0.892. The number of aryl methyl sites for hydroxylation is 1. The molecule has 0 N–H and O–H groups in total. The molecule has 1 unspecified atom stereocenters. The molecule has 0 spiro atoms. The van der Waals surface area contributed by atoms with Crippen LogP contribution >= 0.6 is 23.2 Å². The minimum absolute atomic E-state index is 0.282. The molecule has 2 rings (SSSR count). The molecule has 0 aromatic heterocycles. The van der Waals surface area contributed by atoms with Crippen LogP contribution in [-0.2, 0) is 14.8 Å². The SMILES string of the molecule is Cc1ccc(S(=O)(=O)N2CCOC(N(CCCl)CCCl)C2)cc1. The van der Waals surface area contributed by atoms with Crippen molar-refractivity contribution >= 4 is 33.2 Å². The lowest BCUT2D eigenvalue weighted by atomic mass is 10.2. The van der Waals surface area contributed by atoms with E-state index in [0.29, 0.717) is 42.9 Å². The van der Waals surface area contributed by atoms with E-state index in [1.54, 1.807) is 24.3 Å². The van der Waals surface area contributed by atoms with Crippen molar-refractivity contribution < 1.29 is 13.2 Å². The van der Waals surface area contributed by atoms with Gasteiger partial charge in [0.1, 0.15) is 6.23 Å². The highest BCUT2D eigenvalue weighted by Crippen LogP contribution is 2.20. The number of ether oxygens (including phenoxy) is 1. The van der Waals surface area contributed by atoms with E-state index >= 15 is 0 Å². The first-order chi connectivity index (χ1) is 11.0. The molecule has 130 valence electrons. The molecule has 0 aliphatic carbocycles. The molecule has 0 amide bonds. The van der Waals surface area contributed by atoms with Crippen molar-refractivity contribution in [1.82, 2.24) is 9.21 Å². The van der Waals surface area contributed by atoms with Gasteiger partial charge < -0.3 is 4.74 Å². The minimum atomic E-state index is -3.51. The molecule has 1 aliphatic heterocycles. The molecule has 1 aromatic carbocycles. The van der Waals surface area contributed by atoms with E-state index in [-0.39, 0.29) is 12.8 Å². The first-order valence-corrected chi connectivity index (χ1v) is 10.0. The molecule has 0 saturated carbocycles. The first kappa shape index (κ1) is 19.0. The second kappa shape index (κ2) is 8.65. The van der Waals surface area contributed by atoms with Crippen LogP contribution in [0.1, 0.15) is 5.56 Å². The van der Waals surface area contributed by atoms with Gasteiger partial charge in [-0.15, -0.1) is 23.2 Å². The summed E-state index contributed by atoms with van der Waals surface area (Å²) in [6.07, 6.45) is -0.318. The molecule has 0 radical (unpaired) electrons. The molecule has 5 nitrogen and oxygen atoms in total. The standard InChI is InChI=1S/C15H22Cl2N2O3S/c1-13-2-4-14(5-3-13)23(20,21)19-10-11-22-15(12-19)18(8-6-16)9-7-17/h2-5,15H,6-12H2,1H3. The molecule has 0 bridgehead atoms. The third kappa shape index (κ3) is 4.81. The van der Waals surface area contributed by atoms with E-state index in [0.717, 1.165) is 5.56 Å². The number of morpholine rings is 1. The Morgan fingerprint density at radius 1 is 1.22 bits per heavy atom. The van der Waals surface area contributed by atoms with E-state index in [1.165, 1.54) is 4.31 Å². The normalized spacial score (nSPS) is 20.1. The van der Waals surface area contributed by atoms with Crippen molar-refractivity contribution in [2.24, 2.45) is 0 Å². The maximum absolute atomic E-state index is 12.8. The van der Waals surface area contributed by atoms with Crippen molar-refractivity contribution in [3.8, 4) is 0 Å². The smallest absolute Gasteiger partial charge is 0.243 e. The number of hydrogen-bond acceptors (Lipinski definition) is 4. The molecule has 1 aliphatic rings. The van der Waals surface area contributed by atoms with Gasteiger partial charge in [0.05, 0.1) is 18.0 Å². The number of sulfonamides is 1. The summed E-state index contributed by atoms with van der Waals surface area (Å²) < 4.78 is 32.8. The van der Waals surface area contributed by atoms with Crippen LogP contribution in [0.5, 0.6) is 0 Å². The zero-order valence-corrected chi connectivity index (χ0v) is 15.4. The monoisotopic (exact) mass is 380 g/mol. The maximum Gasteiger partial charge on any atom is 0.243 e. The quantitative estimate of drug-likeness (QED) is 0.679. The Morgan fingerprint density at radius 3 is 2.39 bits per heavy atom. The summed E-state index contributed by atoms with van der Waals surface area (Å²) >= 11 is 11.6. The molecular weight excluding hydrogens is 359 g/mol. The van der Waals surface area contributed by atoms with Gasteiger partial charge in [-0.1, -0.05) is 17.7 Å². The summed E-state index contributed by atoms with van der Waals surface area (Å²) in [5.41, 5.74) is 1.03. The van der Waals surface area contributed by atoms with E-state index < -0.39 is 10.0 Å². The van der Waals surface area contributed by atoms with Gasteiger partial charge in [0.2, 0.25) is 10.0 Å². The van der Waals surface area contributed by atoms with Crippen molar-refractivity contribution in [1.29, 1.82) is 0 Å². The Balaban J connectivity index is 2.14. The molecule has 1 atom stereocenters. The Hall–Kier alpha value is -0.370. The predicted molar refractivity (Wildman–Crippen MR) is 92.7 cm³/mol. The highest BCUT2D eigenvalue weighted by atomic mass is 35.5. The number of rotatable bonds is 7. The summed E-state index contributed by atoms with van der Waals surface area (Å²) in [4.78, 5) is 2.29. The molecule has 23 heavy (non-hydrogen) atoms. The fourth-order valence-electron chi connectivity index (χ4n) is 2.52. The first-order valence-electron chi connectivity index (χ1n) is 7.53. The maximum atomic E-state index is 12.8. The van der Waals surface area contributed by atoms with Gasteiger partial charge >= 0.3 is 0 Å². The van der Waals surface area contributed by atoms with Crippen molar-refractivity contribution in [2.75, 3.05) is 44.5 Å². The topological polar surface area (TPSA) is 49.9 Å². The van der Waals surface area contributed by atoms with Gasteiger partial charge in [-0.25, -0.2) is 8.42 Å². The van der Waals surface area contributed by atoms with Crippen LogP contribution in [0, 0.1) is 6.92 Å². The molecule has 1 saturated heterocycles. The van der Waals surface area contributed by atoms with Gasteiger partial charge in [0, 0.05) is 31.4 Å². The zero-order chi connectivity index (χ0) is 16.9. The lowest BCUT2D eigenvalue weighted by molar-refractivity contribution is -0.0905. The zero-order valence-electron chi connectivity index (χ0n) is 13.1. The Morgan fingerprint density at radius 2 is 1.83 bits per heavy atom. The van der Waals surface area contributed by atoms with Crippen LogP contribution in [0.15, 0.2) is 29.2 Å². The molecule has 1 fully saturated rings. The lowest BCUT2D eigenvalue weighted by Gasteiger charge is -2.38. The average molecular weight is 381 g/mol. The summed E-state index contributed by atoms with van der Waals surface area (Å²) in [5, 5.41) is 0. The number of hydrogen-bond donors (Lipinski definition) is 0. The van der Waals surface area contributed by atoms with Gasteiger partial charge in [-0.05, 0) is 19.1 Å². The average Bonchev–Trinajstić information content (AvgIpc) is 2.55. The Labute approximate surface area is 148 Å². The van der Waals surface area contributed by atoms with Crippen molar-refractivity contribution in [2.45, 2.75) is 18.0 Å². The molecule has 8 heteroatoms. The third-order valence-electron chi connectivity index (χ3n) is 3.82. The van der Waals surface area contributed by atoms with Crippen LogP contribution in [0.4, 0.5) is 0 Å². The van der Waals surface area contributed by atoms with Gasteiger partial charge in [-0.3, -0.25) is 4.90 Å². The van der Waals surface area contributed by atoms with Crippen LogP contribution < -0.4 is 0 Å². The second-order valence-corrected chi connectivity index (χ2v) is 8.11. The van der Waals surface area contributed by atoms with Crippen molar-refractivity contribution in [3.63, 3.8) is 0 Å². The van der Waals surface area contributed by atoms with Crippen molar-refractivity contribution in [3.05, 3.63) is 29.8 Å². The Bertz CT molecular complexity index is 589. The second-order valence-electron chi connectivity index (χ2n) is 5.42. The Kier molecular flexibility index (Phi) is 7.13. The highest BCUT2D eigenvalue weighted by molar-refractivity contribution is 7.89. The number of benzene rings is 1.